The molecule has 4 N–H and O–H groups in total. The minimum atomic E-state index is -5.08. The number of para-hydroxylation sites is 1. The Kier molecular flexibility index (Phi) is 7.87. The number of hydrogen-bond donors (Lipinski definition) is 4. The zero-order chi connectivity index (χ0) is 25.4. The van der Waals surface area contributed by atoms with Crippen molar-refractivity contribution in [3.63, 3.8) is 0 Å². The number of carbonyl (C=O) groups is 2. The fraction of sp³-hybridized carbons (Fsp3) is 0.130. The molecule has 0 bridgehead atoms. The molecule has 4 rings (SSSR count). The highest BCUT2D eigenvalue weighted by Gasteiger charge is 2.38. The lowest BCUT2D eigenvalue weighted by atomic mass is 10.2. The number of benzene rings is 2. The summed E-state index contributed by atoms with van der Waals surface area (Å²) in [5, 5.41) is 21.4. The molecule has 0 saturated carbocycles. The fourth-order valence-electron chi connectivity index (χ4n) is 2.84. The van der Waals surface area contributed by atoms with Crippen molar-refractivity contribution < 1.29 is 32.6 Å². The molecule has 12 heteroatoms. The van der Waals surface area contributed by atoms with Gasteiger partial charge in [-0.2, -0.15) is 18.3 Å². The number of hydrogen-bond acceptors (Lipinski definition) is 6. The molecule has 0 aliphatic rings. The van der Waals surface area contributed by atoms with Gasteiger partial charge in [0.05, 0.1) is 5.52 Å². The molecule has 1 amide bonds. The van der Waals surface area contributed by atoms with Gasteiger partial charge < -0.3 is 20.5 Å². The lowest BCUT2D eigenvalue weighted by Gasteiger charge is -2.08. The van der Waals surface area contributed by atoms with Crippen molar-refractivity contribution in [2.24, 2.45) is 0 Å². The lowest BCUT2D eigenvalue weighted by molar-refractivity contribution is -0.192. The Bertz CT molecular complexity index is 1290. The third-order valence-electron chi connectivity index (χ3n) is 4.38. The Hall–Kier alpha value is -4.61. The smallest absolute Gasteiger partial charge is 0.475 e. The number of aliphatic carboxylic acids is 1. The maximum absolute atomic E-state index is 11.1. The van der Waals surface area contributed by atoms with Gasteiger partial charge in [-0.15, -0.1) is 0 Å². The number of aromatic amines is 1. The molecule has 0 atom stereocenters. The van der Waals surface area contributed by atoms with Crippen LogP contribution in [0.2, 0.25) is 0 Å². The second-order valence-electron chi connectivity index (χ2n) is 7.06. The van der Waals surface area contributed by atoms with Gasteiger partial charge in [0.15, 0.2) is 5.82 Å². The number of carboxylic acids is 1. The van der Waals surface area contributed by atoms with Crippen molar-refractivity contribution in [2.75, 3.05) is 10.6 Å². The van der Waals surface area contributed by atoms with Crippen LogP contribution in [-0.4, -0.2) is 38.3 Å². The highest BCUT2D eigenvalue weighted by atomic mass is 19.4. The Morgan fingerprint density at radius 3 is 2.31 bits per heavy atom. The first kappa shape index (κ1) is 25.0. The number of ether oxygens (including phenoxy) is 1. The van der Waals surface area contributed by atoms with Gasteiger partial charge in [-0.1, -0.05) is 30.3 Å². The van der Waals surface area contributed by atoms with Crippen molar-refractivity contribution in [3.8, 4) is 11.6 Å². The molecule has 0 fully saturated rings. The van der Waals surface area contributed by atoms with Crippen LogP contribution in [0.1, 0.15) is 12.5 Å². The number of amides is 1. The first-order valence-corrected chi connectivity index (χ1v) is 10.1. The molecule has 0 aliphatic heterocycles. The third-order valence-corrected chi connectivity index (χ3v) is 4.38. The van der Waals surface area contributed by atoms with Crippen LogP contribution in [0.4, 0.5) is 24.7 Å². The van der Waals surface area contributed by atoms with Crippen LogP contribution in [0.15, 0.2) is 66.9 Å². The quantitative estimate of drug-likeness (QED) is 0.303. The molecule has 0 saturated heterocycles. The maximum Gasteiger partial charge on any atom is 0.490 e. The number of pyridine rings is 1. The van der Waals surface area contributed by atoms with Crippen LogP contribution in [-0.2, 0) is 16.1 Å². The SMILES string of the molecule is CC(=O)Nc1ccc(CNc2n[nH]c3ccnc(Oc4ccccc4)c23)cc1.O=C(O)C(F)(F)F. The van der Waals surface area contributed by atoms with E-state index in [0.717, 1.165) is 22.2 Å². The van der Waals surface area contributed by atoms with E-state index in [1.807, 2.05) is 60.7 Å². The number of halogens is 3. The summed E-state index contributed by atoms with van der Waals surface area (Å²) in [5.74, 6) is -0.982. The number of carboxylic acid groups (broad SMARTS) is 1. The molecule has 0 unspecified atom stereocenters. The van der Waals surface area contributed by atoms with E-state index in [1.165, 1.54) is 6.92 Å². The molecular formula is C23H20F3N5O4. The molecule has 2 aromatic heterocycles. The van der Waals surface area contributed by atoms with E-state index in [4.69, 9.17) is 14.6 Å². The third kappa shape index (κ3) is 7.19. The predicted octanol–water partition coefficient (Wildman–Crippen LogP) is 4.95. The van der Waals surface area contributed by atoms with Crippen molar-refractivity contribution in [1.82, 2.24) is 15.2 Å². The van der Waals surface area contributed by atoms with Crippen LogP contribution < -0.4 is 15.4 Å². The second-order valence-corrected chi connectivity index (χ2v) is 7.06. The molecule has 2 aromatic carbocycles. The van der Waals surface area contributed by atoms with Crippen molar-refractivity contribution >= 4 is 34.3 Å². The number of alkyl halides is 3. The van der Waals surface area contributed by atoms with Crippen molar-refractivity contribution in [2.45, 2.75) is 19.6 Å². The van der Waals surface area contributed by atoms with Gasteiger partial charge in [-0.3, -0.25) is 9.89 Å². The van der Waals surface area contributed by atoms with Crippen molar-refractivity contribution in [1.29, 1.82) is 0 Å². The molecule has 2 heterocycles. The summed E-state index contributed by atoms with van der Waals surface area (Å²) in [5.41, 5.74) is 2.66. The van der Waals surface area contributed by atoms with E-state index in [1.54, 1.807) is 6.20 Å². The van der Waals surface area contributed by atoms with Crippen LogP contribution in [0, 0.1) is 0 Å². The minimum Gasteiger partial charge on any atom is -0.475 e. The standard InChI is InChI=1S/C21H19N5O2.C2HF3O2/c1-14(27)24-16-9-7-15(8-10-16)13-23-20-19-18(25-26-20)11-12-22-21(19)28-17-5-3-2-4-6-17;3-2(4,5)1(6)7/h2-12H,13H2,1H3,(H,24,27)(H2,23,25,26);(H,6,7). The number of fused-ring (bicyclic) bond motifs is 1. The van der Waals surface area contributed by atoms with Gasteiger partial charge in [-0.25, -0.2) is 9.78 Å². The van der Waals surface area contributed by atoms with E-state index >= 15 is 0 Å². The largest absolute Gasteiger partial charge is 0.490 e. The highest BCUT2D eigenvalue weighted by Crippen LogP contribution is 2.31. The predicted molar refractivity (Wildman–Crippen MR) is 122 cm³/mol. The number of carbonyl (C=O) groups excluding carboxylic acids is 1. The Balaban J connectivity index is 0.000000429. The number of H-pyrrole nitrogens is 1. The average Bonchev–Trinajstić information content (AvgIpc) is 3.23. The molecule has 35 heavy (non-hydrogen) atoms. The molecule has 0 aliphatic carbocycles. The van der Waals surface area contributed by atoms with Crippen molar-refractivity contribution in [3.05, 3.63) is 72.4 Å². The van der Waals surface area contributed by atoms with E-state index in [0.29, 0.717) is 24.0 Å². The van der Waals surface area contributed by atoms with Gasteiger partial charge in [-0.05, 0) is 35.9 Å². The molecule has 0 radical (unpaired) electrons. The number of aromatic nitrogens is 3. The van der Waals surface area contributed by atoms with Crippen LogP contribution in [0.25, 0.3) is 10.9 Å². The number of anilines is 2. The molecular weight excluding hydrogens is 467 g/mol. The first-order valence-electron chi connectivity index (χ1n) is 10.1. The fourth-order valence-corrected chi connectivity index (χ4v) is 2.84. The zero-order valence-electron chi connectivity index (χ0n) is 18.3. The van der Waals surface area contributed by atoms with Gasteiger partial charge in [0.1, 0.15) is 11.1 Å². The highest BCUT2D eigenvalue weighted by molar-refractivity contribution is 5.94. The molecule has 0 spiro atoms. The summed E-state index contributed by atoms with van der Waals surface area (Å²) in [7, 11) is 0. The Morgan fingerprint density at radius 2 is 1.71 bits per heavy atom. The van der Waals surface area contributed by atoms with E-state index in [9.17, 15) is 18.0 Å². The molecule has 4 aromatic rings. The van der Waals surface area contributed by atoms with Crippen LogP contribution in [0.5, 0.6) is 11.6 Å². The summed E-state index contributed by atoms with van der Waals surface area (Å²) in [6.45, 7) is 2.06. The van der Waals surface area contributed by atoms with E-state index in [-0.39, 0.29) is 5.91 Å². The summed E-state index contributed by atoms with van der Waals surface area (Å²) in [6.07, 6.45) is -3.40. The normalized spacial score (nSPS) is 10.7. The number of nitrogens with zero attached hydrogens (tertiary/aromatic N) is 2. The van der Waals surface area contributed by atoms with Gasteiger partial charge in [0.25, 0.3) is 0 Å². The van der Waals surface area contributed by atoms with Crippen LogP contribution in [0.3, 0.4) is 0 Å². The first-order chi connectivity index (χ1) is 16.6. The Morgan fingerprint density at radius 1 is 1.06 bits per heavy atom. The number of rotatable bonds is 6. The van der Waals surface area contributed by atoms with Gasteiger partial charge >= 0.3 is 12.1 Å². The van der Waals surface area contributed by atoms with Gasteiger partial charge in [0.2, 0.25) is 11.8 Å². The van der Waals surface area contributed by atoms with Crippen LogP contribution >= 0.6 is 0 Å². The molecule has 9 nitrogen and oxygen atoms in total. The van der Waals surface area contributed by atoms with Gasteiger partial charge in [0, 0.05) is 25.4 Å². The monoisotopic (exact) mass is 487 g/mol. The van der Waals surface area contributed by atoms with E-state index < -0.39 is 12.1 Å². The number of nitrogens with one attached hydrogen (secondary N) is 3. The maximum atomic E-state index is 11.1. The summed E-state index contributed by atoms with van der Waals surface area (Å²) in [6, 6.07) is 19.0. The van der Waals surface area contributed by atoms with E-state index in [2.05, 4.69) is 25.8 Å². The summed E-state index contributed by atoms with van der Waals surface area (Å²) in [4.78, 5) is 24.4. The zero-order valence-corrected chi connectivity index (χ0v) is 18.3. The average molecular weight is 487 g/mol. The molecule has 182 valence electrons. The lowest BCUT2D eigenvalue weighted by Crippen LogP contribution is -2.21. The summed E-state index contributed by atoms with van der Waals surface area (Å²) >= 11 is 0. The topological polar surface area (TPSA) is 129 Å². The Labute approximate surface area is 197 Å². The second kappa shape index (κ2) is 11.0. The minimum absolute atomic E-state index is 0.0905. The summed E-state index contributed by atoms with van der Waals surface area (Å²) < 4.78 is 37.7.